The molecule has 9 heteroatoms. The van der Waals surface area contributed by atoms with Crippen LogP contribution in [0.4, 0.5) is 10.2 Å². The number of aliphatic hydroxyl groups excluding tert-OH is 1. The Morgan fingerprint density at radius 1 is 1.59 bits per heavy atom. The number of halogens is 1. The molecular weight excluding hydrogens is 309 g/mol. The third-order valence-corrected chi connectivity index (χ3v) is 4.27. The number of hydrogen-bond donors (Lipinski definition) is 3. The lowest BCUT2D eigenvalue weighted by Crippen LogP contribution is -2.21. The summed E-state index contributed by atoms with van der Waals surface area (Å²) in [5.41, 5.74) is 12.9. The molecule has 0 aromatic carbocycles. The van der Waals surface area contributed by atoms with Crippen LogP contribution in [0.2, 0.25) is 0 Å². The Morgan fingerprint density at radius 2 is 2.32 bits per heavy atom. The maximum absolute atomic E-state index is 14.6. The first-order valence-corrected chi connectivity index (χ1v) is 7.18. The molecular formula is C13H16FN5O2S. The smallest absolute Gasteiger partial charge is 0.152 e. The van der Waals surface area contributed by atoms with E-state index in [2.05, 4.69) is 10.1 Å². The Balaban J connectivity index is 2.16. The van der Waals surface area contributed by atoms with Crippen molar-refractivity contribution in [2.75, 3.05) is 12.3 Å². The van der Waals surface area contributed by atoms with Crippen LogP contribution in [-0.4, -0.2) is 43.6 Å². The molecule has 3 rings (SSSR count). The van der Waals surface area contributed by atoms with Gasteiger partial charge < -0.3 is 21.3 Å². The molecule has 0 radical (unpaired) electrons. The summed E-state index contributed by atoms with van der Waals surface area (Å²) in [5, 5.41) is 13.4. The quantitative estimate of drug-likeness (QED) is 0.698. The molecule has 1 aliphatic heterocycles. The number of hydrogen-bond acceptors (Lipinski definition) is 6. The van der Waals surface area contributed by atoms with Crippen LogP contribution in [0.25, 0.3) is 5.52 Å². The van der Waals surface area contributed by atoms with Gasteiger partial charge in [0.15, 0.2) is 5.82 Å². The molecule has 3 heterocycles. The molecule has 0 unspecified atom stereocenters. The van der Waals surface area contributed by atoms with Crippen molar-refractivity contribution in [3.63, 3.8) is 0 Å². The second-order valence-electron chi connectivity index (χ2n) is 5.33. The van der Waals surface area contributed by atoms with Crippen molar-refractivity contribution >= 4 is 28.5 Å². The van der Waals surface area contributed by atoms with Crippen LogP contribution in [0.15, 0.2) is 12.4 Å². The summed E-state index contributed by atoms with van der Waals surface area (Å²) in [5.74, 6) is -0.239. The van der Waals surface area contributed by atoms with Gasteiger partial charge in [0.1, 0.15) is 29.1 Å². The third kappa shape index (κ3) is 2.13. The monoisotopic (exact) mass is 325 g/mol. The molecule has 5 N–H and O–H groups in total. The number of aliphatic hydroxyl groups is 1. The predicted octanol–water partition coefficient (Wildman–Crippen LogP) is 0.352. The Morgan fingerprint density at radius 3 is 2.91 bits per heavy atom. The molecule has 1 saturated heterocycles. The van der Waals surface area contributed by atoms with E-state index in [1.54, 1.807) is 13.0 Å². The van der Waals surface area contributed by atoms with E-state index in [1.165, 1.54) is 10.8 Å². The summed E-state index contributed by atoms with van der Waals surface area (Å²) >= 11 is 5.01. The summed E-state index contributed by atoms with van der Waals surface area (Å²) < 4.78 is 21.6. The van der Waals surface area contributed by atoms with Crippen molar-refractivity contribution in [3.05, 3.63) is 23.7 Å². The zero-order valence-electron chi connectivity index (χ0n) is 11.8. The number of anilines is 1. The number of alkyl halides is 1. The summed E-state index contributed by atoms with van der Waals surface area (Å²) in [7, 11) is 0. The number of nitrogens with two attached hydrogens (primary N) is 2. The van der Waals surface area contributed by atoms with Gasteiger partial charge in [0.25, 0.3) is 0 Å². The molecule has 4 atom stereocenters. The Kier molecular flexibility index (Phi) is 3.71. The maximum Gasteiger partial charge on any atom is 0.152 e. The highest BCUT2D eigenvalue weighted by Crippen LogP contribution is 2.40. The summed E-state index contributed by atoms with van der Waals surface area (Å²) in [6.07, 6.45) is -1.47. The lowest BCUT2D eigenvalue weighted by Gasteiger charge is -2.13. The molecule has 118 valence electrons. The average Bonchev–Trinajstić information content (AvgIpc) is 3.00. The molecule has 1 aliphatic rings. The third-order valence-electron chi connectivity index (χ3n) is 4.05. The van der Waals surface area contributed by atoms with Crippen LogP contribution in [0.3, 0.4) is 0 Å². The molecule has 0 amide bonds. The van der Waals surface area contributed by atoms with Gasteiger partial charge in [-0.15, -0.1) is 0 Å². The molecule has 0 aliphatic carbocycles. The topological polar surface area (TPSA) is 112 Å². The molecule has 0 spiro atoms. The largest absolute Gasteiger partial charge is 0.394 e. The Labute approximate surface area is 131 Å². The molecule has 7 nitrogen and oxygen atoms in total. The SMILES string of the molecule is C[C@H]1[C@H](F)[C@H](c2cc(C(N)=S)c3c(N)ncnn23)O[C@@H]1CO. The highest BCUT2D eigenvalue weighted by Gasteiger charge is 2.44. The lowest BCUT2D eigenvalue weighted by atomic mass is 9.99. The number of rotatable bonds is 3. The van der Waals surface area contributed by atoms with Gasteiger partial charge in [-0.2, -0.15) is 5.10 Å². The molecule has 1 fully saturated rings. The first kappa shape index (κ1) is 15.1. The average molecular weight is 325 g/mol. The minimum absolute atomic E-state index is 0.116. The van der Waals surface area contributed by atoms with Crippen LogP contribution in [0, 0.1) is 5.92 Å². The van der Waals surface area contributed by atoms with E-state index in [4.69, 9.17) is 28.4 Å². The van der Waals surface area contributed by atoms with E-state index in [-0.39, 0.29) is 17.4 Å². The van der Waals surface area contributed by atoms with E-state index in [0.717, 1.165) is 0 Å². The standard InChI is InChI=1S/C13H16FN5O2S/c1-5-8(3-20)21-11(9(5)14)7-2-6(13(16)22)10-12(15)17-4-18-19(7)10/h2,4-5,8-9,11,20H,3H2,1H3,(H2,16,22)(H2,15,17,18)/t5-,8-,9+,11+/m1/s1. The zero-order valence-corrected chi connectivity index (χ0v) is 12.6. The van der Waals surface area contributed by atoms with Crippen molar-refractivity contribution in [2.24, 2.45) is 11.7 Å². The molecule has 0 saturated carbocycles. The van der Waals surface area contributed by atoms with Gasteiger partial charge in [-0.1, -0.05) is 19.1 Å². The van der Waals surface area contributed by atoms with Crippen LogP contribution >= 0.6 is 12.2 Å². The van der Waals surface area contributed by atoms with Crippen molar-refractivity contribution < 1.29 is 14.2 Å². The van der Waals surface area contributed by atoms with Gasteiger partial charge >= 0.3 is 0 Å². The molecule has 0 bridgehead atoms. The van der Waals surface area contributed by atoms with E-state index < -0.39 is 24.3 Å². The van der Waals surface area contributed by atoms with Gasteiger partial charge in [-0.25, -0.2) is 13.9 Å². The number of thiocarbonyl (C=S) groups is 1. The highest BCUT2D eigenvalue weighted by atomic mass is 32.1. The first-order chi connectivity index (χ1) is 10.5. The van der Waals surface area contributed by atoms with Gasteiger partial charge in [0.05, 0.1) is 18.4 Å². The fraction of sp³-hybridized carbons (Fsp3) is 0.462. The van der Waals surface area contributed by atoms with Gasteiger partial charge in [-0.05, 0) is 6.07 Å². The predicted molar refractivity (Wildman–Crippen MR) is 82.0 cm³/mol. The molecule has 2 aromatic heterocycles. The number of ether oxygens (including phenoxy) is 1. The minimum Gasteiger partial charge on any atom is -0.394 e. The zero-order chi connectivity index (χ0) is 16.0. The van der Waals surface area contributed by atoms with Gasteiger partial charge in [0, 0.05) is 11.5 Å². The van der Waals surface area contributed by atoms with E-state index in [0.29, 0.717) is 16.8 Å². The Bertz CT molecular complexity index is 737. The fourth-order valence-electron chi connectivity index (χ4n) is 2.79. The van der Waals surface area contributed by atoms with Crippen LogP contribution in [0.5, 0.6) is 0 Å². The van der Waals surface area contributed by atoms with Gasteiger partial charge in [0.2, 0.25) is 0 Å². The number of aromatic nitrogens is 3. The molecule has 2 aromatic rings. The summed E-state index contributed by atoms with van der Waals surface area (Å²) in [6, 6.07) is 1.62. The van der Waals surface area contributed by atoms with Crippen molar-refractivity contribution in [2.45, 2.75) is 25.3 Å². The number of fused-ring (bicyclic) bond motifs is 1. The minimum atomic E-state index is -1.29. The summed E-state index contributed by atoms with van der Waals surface area (Å²) in [6.45, 7) is 1.44. The Hall–Kier alpha value is -1.84. The normalized spacial score (nSPS) is 28.3. The summed E-state index contributed by atoms with van der Waals surface area (Å²) in [4.78, 5) is 4.03. The molecule has 22 heavy (non-hydrogen) atoms. The van der Waals surface area contributed by atoms with Crippen LogP contribution < -0.4 is 11.5 Å². The second kappa shape index (κ2) is 5.41. The second-order valence-corrected chi connectivity index (χ2v) is 5.77. The first-order valence-electron chi connectivity index (χ1n) is 6.78. The maximum atomic E-state index is 14.6. The van der Waals surface area contributed by atoms with E-state index in [1.807, 2.05) is 0 Å². The fourth-order valence-corrected chi connectivity index (χ4v) is 2.95. The van der Waals surface area contributed by atoms with Crippen LogP contribution in [-0.2, 0) is 4.74 Å². The lowest BCUT2D eigenvalue weighted by molar-refractivity contribution is -0.00712. The van der Waals surface area contributed by atoms with Crippen molar-refractivity contribution in [1.82, 2.24) is 14.6 Å². The van der Waals surface area contributed by atoms with Crippen molar-refractivity contribution in [1.29, 1.82) is 0 Å². The van der Waals surface area contributed by atoms with Crippen LogP contribution in [0.1, 0.15) is 24.3 Å². The van der Waals surface area contributed by atoms with Gasteiger partial charge in [-0.3, -0.25) is 0 Å². The number of nitrogens with zero attached hydrogens (tertiary/aromatic N) is 3. The van der Waals surface area contributed by atoms with E-state index in [9.17, 15) is 9.50 Å². The number of nitrogen functional groups attached to an aromatic ring is 1. The van der Waals surface area contributed by atoms with E-state index >= 15 is 0 Å². The highest BCUT2D eigenvalue weighted by molar-refractivity contribution is 7.80. The van der Waals surface area contributed by atoms with Crippen molar-refractivity contribution in [3.8, 4) is 0 Å².